The lowest BCUT2D eigenvalue weighted by Crippen LogP contribution is -2.36. The largest absolute Gasteiger partial charge is 0.456 e. The number of hydrogen-bond acceptors (Lipinski definition) is 9. The van der Waals surface area contributed by atoms with Gasteiger partial charge in [0.1, 0.15) is 67.7 Å². The van der Waals surface area contributed by atoms with E-state index >= 15 is 0 Å². The fourth-order valence-corrected chi connectivity index (χ4v) is 14.3. The minimum Gasteiger partial charge on any atom is -0.456 e. The zero-order valence-electron chi connectivity index (χ0n) is 50.2. The number of amides is 2. The maximum atomic E-state index is 14.3. The van der Waals surface area contributed by atoms with E-state index in [2.05, 4.69) is 17.6 Å². The standard InChI is InChI=1S/C36H36FN3O3S.C35H34FN3O4S/c1-5-11-30-33-27(22-40(30)44(42)36(2,3)4)19-29(35(41)38-21-26-13-6-8-16-28(26)37)39-34(33)25-15-10-14-23(18-25)32-20-24-12-7-9-17-31(24)43-32;1-35(2,3)44(42)39-21-26-18-28(34(41)37-20-25-10-4-6-13-27(25)36)38-33(32(26)29(39)15-16-40)24-12-8-11-22(17-24)31-19-23-9-5-7-14-30(23)43-31/h6-10,12-20,30H,5,11,21-22H2,1-4H3,(H,38,41);4-14,17-19,29,40H,15-16,20-21H2,1-3H3,(H,37,41)/t30-,44-;29-,44-/m11/s1. The predicted octanol–water partition coefficient (Wildman–Crippen LogP) is 15.3. The van der Waals surface area contributed by atoms with Crippen LogP contribution in [0.5, 0.6) is 0 Å². The minimum atomic E-state index is -1.39. The first-order valence-corrected chi connectivity index (χ1v) is 31.8. The van der Waals surface area contributed by atoms with Gasteiger partial charge in [0.05, 0.1) is 33.0 Å². The van der Waals surface area contributed by atoms with Crippen LogP contribution in [0, 0.1) is 11.6 Å². The summed E-state index contributed by atoms with van der Waals surface area (Å²) < 4.78 is 71.3. The quantitative estimate of drug-likeness (QED) is 0.0852. The summed E-state index contributed by atoms with van der Waals surface area (Å²) in [4.78, 5) is 36.8. The average molecular weight is 1220 g/mol. The first-order valence-electron chi connectivity index (χ1n) is 29.6. The van der Waals surface area contributed by atoms with Crippen molar-refractivity contribution in [1.82, 2.24) is 29.2 Å². The van der Waals surface area contributed by atoms with Crippen LogP contribution in [0.2, 0.25) is 0 Å². The number of carbonyl (C=O) groups is 2. The third-order valence-corrected chi connectivity index (χ3v) is 19.4. The van der Waals surface area contributed by atoms with Crippen molar-refractivity contribution in [3.05, 3.63) is 226 Å². The number of aliphatic hydroxyl groups is 1. The number of benzene rings is 6. The van der Waals surface area contributed by atoms with Gasteiger partial charge in [0.2, 0.25) is 0 Å². The van der Waals surface area contributed by atoms with E-state index in [9.17, 15) is 31.9 Å². The normalized spacial score (nSPS) is 15.8. The van der Waals surface area contributed by atoms with E-state index in [0.29, 0.717) is 47.8 Å². The Balaban J connectivity index is 0.000000182. The second-order valence-electron chi connectivity index (χ2n) is 24.1. The number of pyridine rings is 2. The Morgan fingerprint density at radius 3 is 1.34 bits per heavy atom. The molecule has 0 fully saturated rings. The lowest BCUT2D eigenvalue weighted by atomic mass is 9.94. The summed E-state index contributed by atoms with van der Waals surface area (Å²) in [6, 6.07) is 51.2. The Hall–Kier alpha value is -8.32. The molecule has 0 radical (unpaired) electrons. The van der Waals surface area contributed by atoms with Gasteiger partial charge in [-0.25, -0.2) is 35.8 Å². The summed E-state index contributed by atoms with van der Waals surface area (Å²) >= 11 is 0. The summed E-state index contributed by atoms with van der Waals surface area (Å²) in [5.41, 5.74) is 10.9. The molecule has 0 unspecified atom stereocenters. The maximum absolute atomic E-state index is 14.3. The highest BCUT2D eigenvalue weighted by Gasteiger charge is 2.42. The van der Waals surface area contributed by atoms with Gasteiger partial charge in [0.15, 0.2) is 0 Å². The molecule has 88 heavy (non-hydrogen) atoms. The highest BCUT2D eigenvalue weighted by atomic mass is 32.2. The summed E-state index contributed by atoms with van der Waals surface area (Å²) in [6.07, 6.45) is 2.04. The van der Waals surface area contributed by atoms with Crippen LogP contribution >= 0.6 is 0 Å². The number of rotatable bonds is 16. The van der Waals surface area contributed by atoms with Crippen LogP contribution in [0.25, 0.3) is 67.1 Å². The predicted molar refractivity (Wildman–Crippen MR) is 344 cm³/mol. The number of halogens is 2. The zero-order chi connectivity index (χ0) is 62.0. The van der Waals surface area contributed by atoms with Crippen molar-refractivity contribution in [3.8, 4) is 45.2 Å². The fourth-order valence-electron chi connectivity index (χ4n) is 11.5. The van der Waals surface area contributed by atoms with Gasteiger partial charge in [-0.15, -0.1) is 0 Å². The van der Waals surface area contributed by atoms with Gasteiger partial charge in [-0.05, 0) is 126 Å². The molecule has 0 saturated carbocycles. The van der Waals surface area contributed by atoms with E-state index in [-0.39, 0.29) is 49.0 Å². The molecule has 0 aliphatic carbocycles. The second kappa shape index (κ2) is 25.8. The highest BCUT2D eigenvalue weighted by Crippen LogP contribution is 2.47. The first-order chi connectivity index (χ1) is 42.3. The van der Waals surface area contributed by atoms with Crippen molar-refractivity contribution < 1.29 is 40.7 Å². The first kappa shape index (κ1) is 61.3. The minimum absolute atomic E-state index is 0.00838. The summed E-state index contributed by atoms with van der Waals surface area (Å²) in [5.74, 6) is -0.173. The van der Waals surface area contributed by atoms with E-state index in [1.165, 1.54) is 12.1 Å². The zero-order valence-corrected chi connectivity index (χ0v) is 51.9. The second-order valence-corrected chi connectivity index (χ2v) is 28.5. The van der Waals surface area contributed by atoms with Gasteiger partial charge < -0.3 is 24.6 Å². The fraction of sp³-hybridized carbons (Fsp3) is 0.268. The van der Waals surface area contributed by atoms with Crippen LogP contribution in [0.1, 0.15) is 134 Å². The van der Waals surface area contributed by atoms with Crippen LogP contribution < -0.4 is 10.6 Å². The molecule has 0 spiro atoms. The topological polar surface area (TPSA) is 171 Å². The Morgan fingerprint density at radius 2 is 0.943 bits per heavy atom. The number of carbonyl (C=O) groups excluding carboxylic acids is 2. The molecule has 0 bridgehead atoms. The molecule has 13 nitrogen and oxygen atoms in total. The molecule has 2 aliphatic rings. The molecular weight excluding hydrogens is 1150 g/mol. The molecule has 6 heterocycles. The molecule has 10 aromatic rings. The van der Waals surface area contributed by atoms with Crippen LogP contribution in [0.3, 0.4) is 0 Å². The molecule has 17 heteroatoms. The van der Waals surface area contributed by atoms with E-state index in [4.69, 9.17) is 18.8 Å². The molecule has 6 aromatic carbocycles. The average Bonchev–Trinajstić information content (AvgIpc) is 1.96. The Labute approximate surface area is 516 Å². The summed E-state index contributed by atoms with van der Waals surface area (Å²) in [7, 11) is -2.67. The van der Waals surface area contributed by atoms with Gasteiger partial charge in [0.25, 0.3) is 11.8 Å². The maximum Gasteiger partial charge on any atom is 0.270 e. The van der Waals surface area contributed by atoms with Crippen molar-refractivity contribution in [2.24, 2.45) is 0 Å². The number of hydrogen-bond donors (Lipinski definition) is 3. The van der Waals surface area contributed by atoms with Crippen molar-refractivity contribution in [2.75, 3.05) is 6.61 Å². The number of nitrogens with zero attached hydrogens (tertiary/aromatic N) is 4. The van der Waals surface area contributed by atoms with Crippen LogP contribution in [0.15, 0.2) is 179 Å². The van der Waals surface area contributed by atoms with E-state index in [0.717, 1.165) is 85.0 Å². The van der Waals surface area contributed by atoms with E-state index in [1.807, 2.05) is 159 Å². The van der Waals surface area contributed by atoms with Gasteiger partial charge in [-0.3, -0.25) is 9.59 Å². The SMILES string of the molecule is CC(C)(C)[S@@](=O)N1Cc2cc(C(=O)NCc3ccccc3F)nc(-c3cccc(-c4cc5ccccc5o4)c3)c2[C@H]1CCO.CCC[C@@H]1c2c(cc(C(=O)NCc3ccccc3F)nc2-c2cccc(-c3cc4ccccc4o3)c2)CN1[S@](=O)C(C)(C)C. The lowest BCUT2D eigenvalue weighted by molar-refractivity contribution is 0.0937. The van der Waals surface area contributed by atoms with Crippen LogP contribution in [-0.2, 0) is 48.2 Å². The summed E-state index contributed by atoms with van der Waals surface area (Å²) in [6.45, 7) is 14.5. The molecular formula is C71H70F2N6O7S2. The molecule has 3 N–H and O–H groups in total. The highest BCUT2D eigenvalue weighted by molar-refractivity contribution is 7.84. The number of aliphatic hydroxyl groups excluding tert-OH is 1. The van der Waals surface area contributed by atoms with Gasteiger partial charge in [0, 0.05) is 88.1 Å². The van der Waals surface area contributed by atoms with Crippen molar-refractivity contribution in [1.29, 1.82) is 0 Å². The number of fused-ring (bicyclic) bond motifs is 4. The Morgan fingerprint density at radius 1 is 0.545 bits per heavy atom. The van der Waals surface area contributed by atoms with Crippen molar-refractivity contribution >= 4 is 55.7 Å². The number of nitrogens with one attached hydrogen (secondary N) is 2. The van der Waals surface area contributed by atoms with Crippen LogP contribution in [0.4, 0.5) is 8.78 Å². The van der Waals surface area contributed by atoms with Crippen molar-refractivity contribution in [2.45, 2.75) is 115 Å². The number of para-hydroxylation sites is 2. The van der Waals surface area contributed by atoms with Gasteiger partial charge in [-0.1, -0.05) is 123 Å². The summed E-state index contributed by atoms with van der Waals surface area (Å²) in [5, 5.41) is 17.7. The molecule has 2 aliphatic heterocycles. The molecule has 0 saturated heterocycles. The lowest BCUT2D eigenvalue weighted by Gasteiger charge is -2.30. The van der Waals surface area contributed by atoms with Crippen LogP contribution in [-0.4, -0.2) is 60.0 Å². The molecule has 2 amide bonds. The Bertz CT molecular complexity index is 3960. The third kappa shape index (κ3) is 13.0. The molecule has 452 valence electrons. The van der Waals surface area contributed by atoms with E-state index in [1.54, 1.807) is 48.5 Å². The van der Waals surface area contributed by atoms with Gasteiger partial charge in [-0.2, -0.15) is 0 Å². The number of furan rings is 2. The van der Waals surface area contributed by atoms with Crippen molar-refractivity contribution in [3.63, 3.8) is 0 Å². The van der Waals surface area contributed by atoms with Gasteiger partial charge >= 0.3 is 0 Å². The molecule has 4 atom stereocenters. The third-order valence-electron chi connectivity index (χ3n) is 15.7. The monoisotopic (exact) mass is 1220 g/mol. The molecule has 12 rings (SSSR count). The smallest absolute Gasteiger partial charge is 0.270 e. The molecule has 4 aromatic heterocycles. The Kier molecular flexibility index (Phi) is 18.0. The number of aromatic nitrogens is 2. The van der Waals surface area contributed by atoms with E-state index < -0.39 is 49.1 Å².